The van der Waals surface area contributed by atoms with Crippen molar-refractivity contribution in [3.05, 3.63) is 0 Å². The van der Waals surface area contributed by atoms with E-state index in [-0.39, 0.29) is 18.2 Å². The third-order valence-electron chi connectivity index (χ3n) is 4.02. The topological polar surface area (TPSA) is 40.5 Å². The molecule has 14 heavy (non-hydrogen) atoms. The van der Waals surface area contributed by atoms with Gasteiger partial charge in [-0.05, 0) is 38.5 Å². The highest BCUT2D eigenvalue weighted by molar-refractivity contribution is 5.83. The van der Waals surface area contributed by atoms with Gasteiger partial charge in [-0.3, -0.25) is 4.79 Å². The summed E-state index contributed by atoms with van der Waals surface area (Å²) in [6.07, 6.45) is 6.61. The Morgan fingerprint density at radius 2 is 2.00 bits per heavy atom. The lowest BCUT2D eigenvalue weighted by Crippen LogP contribution is -2.45. The van der Waals surface area contributed by atoms with Crippen molar-refractivity contribution >= 4 is 5.91 Å². The van der Waals surface area contributed by atoms with Crippen LogP contribution >= 0.6 is 0 Å². The predicted octanol–water partition coefficient (Wildman–Crippen LogP) is 0.912. The molecule has 0 bridgehead atoms. The first-order valence-electron chi connectivity index (χ1n) is 5.71. The molecule has 78 valence electrons. The minimum atomic E-state index is 0.130. The maximum absolute atomic E-state index is 12.0. The first-order valence-corrected chi connectivity index (χ1v) is 5.71. The first-order chi connectivity index (χ1) is 6.77. The largest absolute Gasteiger partial charge is 0.394 e. The number of hydrogen-bond acceptors (Lipinski definition) is 2. The third kappa shape index (κ3) is 1.11. The molecular weight excluding hydrogens is 178 g/mol. The molecule has 0 aromatic carbocycles. The molecule has 1 spiro atoms. The molecule has 0 aromatic rings. The van der Waals surface area contributed by atoms with Crippen LogP contribution in [0.4, 0.5) is 0 Å². The van der Waals surface area contributed by atoms with Gasteiger partial charge < -0.3 is 10.0 Å². The summed E-state index contributed by atoms with van der Waals surface area (Å²) in [5.74, 6) is 0.638. The van der Waals surface area contributed by atoms with Crippen LogP contribution in [0.3, 0.4) is 0 Å². The van der Waals surface area contributed by atoms with Crippen LogP contribution in [0.25, 0.3) is 0 Å². The fourth-order valence-corrected chi connectivity index (χ4v) is 2.82. The van der Waals surface area contributed by atoms with Crippen LogP contribution in [-0.4, -0.2) is 34.1 Å². The lowest BCUT2D eigenvalue weighted by atomic mass is 10.2. The predicted molar refractivity (Wildman–Crippen MR) is 51.6 cm³/mol. The fourth-order valence-electron chi connectivity index (χ4n) is 2.82. The molecule has 1 atom stereocenters. The van der Waals surface area contributed by atoms with Gasteiger partial charge in [-0.15, -0.1) is 0 Å². The molecule has 3 aliphatic rings. The van der Waals surface area contributed by atoms with Crippen molar-refractivity contribution in [2.75, 3.05) is 6.61 Å². The van der Waals surface area contributed by atoms with Gasteiger partial charge in [0, 0.05) is 11.5 Å². The van der Waals surface area contributed by atoms with Crippen molar-refractivity contribution in [1.82, 2.24) is 4.90 Å². The normalized spacial score (nSPS) is 33.8. The Balaban J connectivity index is 1.81. The summed E-state index contributed by atoms with van der Waals surface area (Å²) in [5.41, 5.74) is 0.201. The minimum absolute atomic E-state index is 0.130. The molecule has 2 aliphatic carbocycles. The van der Waals surface area contributed by atoms with Crippen LogP contribution in [-0.2, 0) is 4.79 Å². The van der Waals surface area contributed by atoms with E-state index in [1.54, 1.807) is 0 Å². The lowest BCUT2D eigenvalue weighted by molar-refractivity contribution is -0.137. The molecule has 1 amide bonds. The summed E-state index contributed by atoms with van der Waals surface area (Å²) < 4.78 is 0. The Labute approximate surface area is 84.1 Å². The molecule has 1 N–H and O–H groups in total. The second-order valence-electron chi connectivity index (χ2n) is 5.08. The second kappa shape index (κ2) is 2.72. The minimum Gasteiger partial charge on any atom is -0.394 e. The first kappa shape index (κ1) is 8.72. The van der Waals surface area contributed by atoms with Crippen molar-refractivity contribution in [3.63, 3.8) is 0 Å². The number of nitrogens with zero attached hydrogens (tertiary/aromatic N) is 1. The molecule has 0 aromatic heterocycles. The molecule has 1 unspecified atom stereocenters. The number of hydrogen-bond donors (Lipinski definition) is 1. The van der Waals surface area contributed by atoms with E-state index < -0.39 is 0 Å². The van der Waals surface area contributed by atoms with Gasteiger partial charge in [0.25, 0.3) is 0 Å². The fraction of sp³-hybridized carbons (Fsp3) is 0.909. The summed E-state index contributed by atoms with van der Waals surface area (Å²) in [5, 5.41) is 9.25. The average Bonchev–Trinajstić information content (AvgIpc) is 3.01. The standard InChI is InChI=1S/C11H17NO2/c13-7-9-3-4-11(5-6-11)12(9)10(14)8-1-2-8/h8-9,13H,1-7H2. The van der Waals surface area contributed by atoms with Crippen LogP contribution in [0.2, 0.25) is 0 Å². The van der Waals surface area contributed by atoms with Gasteiger partial charge in [-0.2, -0.15) is 0 Å². The SMILES string of the molecule is O=C(C1CC1)N1C(CO)CCC12CC2. The third-order valence-corrected chi connectivity index (χ3v) is 4.02. The Kier molecular flexibility index (Phi) is 1.69. The molecule has 3 fully saturated rings. The Morgan fingerprint density at radius 3 is 2.50 bits per heavy atom. The van der Waals surface area contributed by atoms with Gasteiger partial charge >= 0.3 is 0 Å². The highest BCUT2D eigenvalue weighted by Crippen LogP contribution is 2.53. The number of amides is 1. The van der Waals surface area contributed by atoms with E-state index in [0.29, 0.717) is 11.8 Å². The van der Waals surface area contributed by atoms with E-state index >= 15 is 0 Å². The molecule has 2 saturated carbocycles. The van der Waals surface area contributed by atoms with Crippen LogP contribution in [0.5, 0.6) is 0 Å². The Morgan fingerprint density at radius 1 is 1.29 bits per heavy atom. The summed E-state index contributed by atoms with van der Waals surface area (Å²) in [7, 11) is 0. The summed E-state index contributed by atoms with van der Waals surface area (Å²) >= 11 is 0. The molecule has 3 rings (SSSR count). The van der Waals surface area contributed by atoms with Crippen molar-refractivity contribution in [3.8, 4) is 0 Å². The van der Waals surface area contributed by atoms with E-state index in [9.17, 15) is 9.90 Å². The van der Waals surface area contributed by atoms with Crippen LogP contribution < -0.4 is 0 Å². The van der Waals surface area contributed by atoms with Crippen molar-refractivity contribution in [2.24, 2.45) is 5.92 Å². The van der Waals surface area contributed by atoms with Gasteiger partial charge in [0.05, 0.1) is 12.6 Å². The molecule has 3 heteroatoms. The second-order valence-corrected chi connectivity index (χ2v) is 5.08. The number of likely N-dealkylation sites (tertiary alicyclic amines) is 1. The summed E-state index contributed by atoms with van der Waals surface area (Å²) in [6.45, 7) is 0.153. The zero-order chi connectivity index (χ0) is 9.76. The van der Waals surface area contributed by atoms with Crippen LogP contribution in [0, 0.1) is 5.92 Å². The van der Waals surface area contributed by atoms with Gasteiger partial charge in [0.2, 0.25) is 5.91 Å². The number of rotatable bonds is 2. The monoisotopic (exact) mass is 195 g/mol. The van der Waals surface area contributed by atoms with Crippen LogP contribution in [0.1, 0.15) is 38.5 Å². The van der Waals surface area contributed by atoms with Crippen molar-refractivity contribution in [1.29, 1.82) is 0 Å². The smallest absolute Gasteiger partial charge is 0.226 e. The lowest BCUT2D eigenvalue weighted by Gasteiger charge is -2.29. The van der Waals surface area contributed by atoms with E-state index in [1.165, 1.54) is 12.8 Å². The Bertz CT molecular complexity index is 268. The zero-order valence-electron chi connectivity index (χ0n) is 8.41. The van der Waals surface area contributed by atoms with Gasteiger partial charge in [-0.25, -0.2) is 0 Å². The summed E-state index contributed by atoms with van der Waals surface area (Å²) in [6, 6.07) is 0.130. The highest BCUT2D eigenvalue weighted by atomic mass is 16.3. The van der Waals surface area contributed by atoms with E-state index in [2.05, 4.69) is 0 Å². The number of aliphatic hydroxyl groups excluding tert-OH is 1. The Hall–Kier alpha value is -0.570. The van der Waals surface area contributed by atoms with Gasteiger partial charge in [0.1, 0.15) is 0 Å². The number of carbonyl (C=O) groups excluding carboxylic acids is 1. The van der Waals surface area contributed by atoms with Crippen LogP contribution in [0.15, 0.2) is 0 Å². The molecular formula is C11H17NO2. The van der Waals surface area contributed by atoms with E-state index in [1.807, 2.05) is 4.90 Å². The molecule has 1 heterocycles. The van der Waals surface area contributed by atoms with Gasteiger partial charge in [0.15, 0.2) is 0 Å². The van der Waals surface area contributed by atoms with E-state index in [0.717, 1.165) is 25.7 Å². The molecule has 1 aliphatic heterocycles. The van der Waals surface area contributed by atoms with Crippen molar-refractivity contribution in [2.45, 2.75) is 50.1 Å². The zero-order valence-corrected chi connectivity index (χ0v) is 8.41. The average molecular weight is 195 g/mol. The summed E-state index contributed by atoms with van der Waals surface area (Å²) in [4.78, 5) is 14.1. The highest BCUT2D eigenvalue weighted by Gasteiger charge is 2.57. The maximum atomic E-state index is 12.0. The number of carbonyl (C=O) groups is 1. The van der Waals surface area contributed by atoms with Gasteiger partial charge in [-0.1, -0.05) is 0 Å². The number of aliphatic hydroxyl groups is 1. The quantitative estimate of drug-likeness (QED) is 0.711. The molecule has 3 nitrogen and oxygen atoms in total. The maximum Gasteiger partial charge on any atom is 0.226 e. The molecule has 0 radical (unpaired) electrons. The molecule has 1 saturated heterocycles. The van der Waals surface area contributed by atoms with Crippen molar-refractivity contribution < 1.29 is 9.90 Å². The van der Waals surface area contributed by atoms with E-state index in [4.69, 9.17) is 0 Å².